The molecule has 0 saturated heterocycles. The zero-order chi connectivity index (χ0) is 17.3. The predicted molar refractivity (Wildman–Crippen MR) is 75.7 cm³/mol. The van der Waals surface area contributed by atoms with E-state index in [-0.39, 0.29) is 0 Å². The van der Waals surface area contributed by atoms with Crippen molar-refractivity contribution in [3.63, 3.8) is 0 Å². The Kier molecular flexibility index (Phi) is 4.71. The summed E-state index contributed by atoms with van der Waals surface area (Å²) in [5, 5.41) is 2.00. The van der Waals surface area contributed by atoms with Crippen molar-refractivity contribution >= 4 is 21.6 Å². The number of nitrogens with one attached hydrogen (secondary N) is 1. The Morgan fingerprint density at radius 1 is 1.23 bits per heavy atom. The average molecular weight is 336 g/mol. The number of sulfone groups is 1. The van der Waals surface area contributed by atoms with Gasteiger partial charge in [0.25, 0.3) is 5.91 Å². The highest BCUT2D eigenvalue weighted by atomic mass is 32.2. The summed E-state index contributed by atoms with van der Waals surface area (Å²) in [6.45, 7) is 7.34. The number of carbonyl (C=O) groups excluding carboxylic acids is 1. The van der Waals surface area contributed by atoms with Crippen LogP contribution in [0.4, 0.5) is 19.0 Å². The molecule has 1 aromatic rings. The van der Waals surface area contributed by atoms with E-state index in [2.05, 4.69) is 11.6 Å². The molecule has 0 aliphatic heterocycles. The molecule has 5 nitrogen and oxygen atoms in total. The van der Waals surface area contributed by atoms with Crippen LogP contribution in [0.3, 0.4) is 0 Å². The Labute approximate surface area is 126 Å². The molecule has 122 valence electrons. The van der Waals surface area contributed by atoms with E-state index >= 15 is 0 Å². The molecular formula is C13H15F3N2O3S. The minimum Gasteiger partial charge on any atom is -0.306 e. The van der Waals surface area contributed by atoms with Crippen molar-refractivity contribution in [2.75, 3.05) is 5.32 Å². The van der Waals surface area contributed by atoms with Crippen molar-refractivity contribution in [2.45, 2.75) is 31.7 Å². The van der Waals surface area contributed by atoms with E-state index in [1.165, 1.54) is 20.8 Å². The Morgan fingerprint density at radius 3 is 2.23 bits per heavy atom. The maximum Gasteiger partial charge on any atom is 0.433 e. The van der Waals surface area contributed by atoms with Crippen LogP contribution in [0, 0.1) is 0 Å². The van der Waals surface area contributed by atoms with Crippen LogP contribution in [-0.4, -0.2) is 24.1 Å². The molecule has 22 heavy (non-hydrogen) atoms. The van der Waals surface area contributed by atoms with Gasteiger partial charge in [-0.2, -0.15) is 13.2 Å². The summed E-state index contributed by atoms with van der Waals surface area (Å²) < 4.78 is 60.4. The summed E-state index contributed by atoms with van der Waals surface area (Å²) >= 11 is 0. The van der Waals surface area contributed by atoms with Crippen LogP contribution in [0.5, 0.6) is 0 Å². The van der Waals surface area contributed by atoms with Gasteiger partial charge in [-0.1, -0.05) is 12.6 Å². The van der Waals surface area contributed by atoms with Crippen LogP contribution in [0.1, 0.15) is 26.5 Å². The van der Waals surface area contributed by atoms with Gasteiger partial charge in [0.05, 0.1) is 4.75 Å². The number of rotatable bonds is 3. The molecule has 0 saturated carbocycles. The van der Waals surface area contributed by atoms with Crippen LogP contribution < -0.4 is 5.32 Å². The molecule has 9 heteroatoms. The van der Waals surface area contributed by atoms with Crippen molar-refractivity contribution in [2.24, 2.45) is 0 Å². The van der Waals surface area contributed by atoms with Crippen LogP contribution >= 0.6 is 0 Å². The van der Waals surface area contributed by atoms with Crippen molar-refractivity contribution in [3.05, 3.63) is 35.4 Å². The molecule has 0 spiro atoms. The first-order valence-corrected chi connectivity index (χ1v) is 7.54. The molecular weight excluding hydrogens is 321 g/mol. The first-order valence-electron chi connectivity index (χ1n) is 6.06. The number of alkyl halides is 3. The Morgan fingerprint density at radius 2 is 1.77 bits per heavy atom. The van der Waals surface area contributed by atoms with Gasteiger partial charge in [-0.25, -0.2) is 13.4 Å². The minimum atomic E-state index is -4.67. The Bertz CT molecular complexity index is 704. The molecule has 0 aromatic carbocycles. The zero-order valence-corrected chi connectivity index (χ0v) is 13.0. The van der Waals surface area contributed by atoms with E-state index in [9.17, 15) is 26.4 Å². The molecule has 0 unspecified atom stereocenters. The van der Waals surface area contributed by atoms with Gasteiger partial charge in [-0.15, -0.1) is 0 Å². The number of nitrogens with zero attached hydrogens (tertiary/aromatic N) is 1. The number of aromatic nitrogens is 1. The molecule has 1 N–H and O–H groups in total. The lowest BCUT2D eigenvalue weighted by atomic mass is 10.3. The first kappa shape index (κ1) is 18.1. The van der Waals surface area contributed by atoms with Gasteiger partial charge in [-0.3, -0.25) is 4.79 Å². The number of hydrogen-bond acceptors (Lipinski definition) is 4. The van der Waals surface area contributed by atoms with Crippen molar-refractivity contribution in [1.82, 2.24) is 4.98 Å². The largest absolute Gasteiger partial charge is 0.433 e. The highest BCUT2D eigenvalue weighted by Gasteiger charge is 2.36. The molecule has 0 aliphatic rings. The molecule has 0 radical (unpaired) electrons. The SMILES string of the molecule is C=C(C(=O)Nc1cccc(C(F)(F)F)n1)S(=O)(=O)C(C)(C)C. The van der Waals surface area contributed by atoms with Crippen LogP contribution in [0.15, 0.2) is 29.7 Å². The fourth-order valence-corrected chi connectivity index (χ4v) is 2.37. The summed E-state index contributed by atoms with van der Waals surface area (Å²) in [4.78, 5) is 14.3. The van der Waals surface area contributed by atoms with E-state index in [1.807, 2.05) is 5.32 Å². The van der Waals surface area contributed by atoms with Gasteiger partial charge in [0.15, 0.2) is 9.84 Å². The Hall–Kier alpha value is -1.90. The van der Waals surface area contributed by atoms with E-state index in [0.717, 1.165) is 18.2 Å². The van der Waals surface area contributed by atoms with E-state index in [4.69, 9.17) is 0 Å². The van der Waals surface area contributed by atoms with Gasteiger partial charge in [0.2, 0.25) is 0 Å². The van der Waals surface area contributed by atoms with Gasteiger partial charge < -0.3 is 5.32 Å². The third kappa shape index (κ3) is 3.85. The van der Waals surface area contributed by atoms with Gasteiger partial charge >= 0.3 is 6.18 Å². The lowest BCUT2D eigenvalue weighted by Gasteiger charge is -2.20. The van der Waals surface area contributed by atoms with Gasteiger partial charge in [0, 0.05) is 0 Å². The normalized spacial score (nSPS) is 12.8. The number of anilines is 1. The molecule has 0 aliphatic carbocycles. The number of halogens is 3. The van der Waals surface area contributed by atoms with E-state index < -0.39 is 43.1 Å². The number of carbonyl (C=O) groups is 1. The molecule has 1 amide bonds. The summed E-state index contributed by atoms with van der Waals surface area (Å²) in [6.07, 6.45) is -4.67. The maximum atomic E-state index is 12.5. The minimum absolute atomic E-state index is 0.412. The van der Waals surface area contributed by atoms with Crippen molar-refractivity contribution in [1.29, 1.82) is 0 Å². The summed E-state index contributed by atoms with van der Waals surface area (Å²) in [5.74, 6) is -1.54. The second-order valence-electron chi connectivity index (χ2n) is 5.40. The Balaban J connectivity index is 3.02. The number of hydrogen-bond donors (Lipinski definition) is 1. The van der Waals surface area contributed by atoms with Crippen molar-refractivity contribution < 1.29 is 26.4 Å². The fourth-order valence-electron chi connectivity index (χ4n) is 1.34. The second-order valence-corrected chi connectivity index (χ2v) is 8.12. The third-order valence-electron chi connectivity index (χ3n) is 2.66. The predicted octanol–water partition coefficient (Wildman–Crippen LogP) is 2.77. The summed E-state index contributed by atoms with van der Waals surface area (Å²) in [6, 6.07) is 2.90. The lowest BCUT2D eigenvalue weighted by molar-refractivity contribution is -0.141. The van der Waals surface area contributed by atoms with Gasteiger partial charge in [-0.05, 0) is 32.9 Å². The van der Waals surface area contributed by atoms with E-state index in [0.29, 0.717) is 0 Å². The van der Waals surface area contributed by atoms with Crippen molar-refractivity contribution in [3.8, 4) is 0 Å². The standard InChI is InChI=1S/C13H15F3N2O3S/c1-8(22(20,21)12(2,3)4)11(19)18-10-7-5-6-9(17-10)13(14,15)16/h5-7H,1H2,2-4H3,(H,17,18,19). The summed E-state index contributed by atoms with van der Waals surface area (Å²) in [7, 11) is -3.99. The van der Waals surface area contributed by atoms with Gasteiger partial charge in [0.1, 0.15) is 16.4 Å². The highest BCUT2D eigenvalue weighted by molar-refractivity contribution is 7.97. The zero-order valence-electron chi connectivity index (χ0n) is 12.2. The molecule has 1 rings (SSSR count). The second kappa shape index (κ2) is 5.71. The fraction of sp³-hybridized carbons (Fsp3) is 0.385. The summed E-state index contributed by atoms with van der Waals surface area (Å²) in [5.41, 5.74) is -1.20. The number of pyridine rings is 1. The van der Waals surface area contributed by atoms with Crippen LogP contribution in [0.25, 0.3) is 0 Å². The topological polar surface area (TPSA) is 76.1 Å². The van der Waals surface area contributed by atoms with E-state index in [1.54, 1.807) is 0 Å². The first-order chi connectivity index (χ1) is 9.76. The maximum absolute atomic E-state index is 12.5. The third-order valence-corrected chi connectivity index (χ3v) is 5.11. The molecule has 0 bridgehead atoms. The molecule has 1 heterocycles. The average Bonchev–Trinajstić information content (AvgIpc) is 2.35. The van der Waals surface area contributed by atoms with Crippen LogP contribution in [0.2, 0.25) is 0 Å². The monoisotopic (exact) mass is 336 g/mol. The number of amides is 1. The molecule has 0 fully saturated rings. The van der Waals surface area contributed by atoms with Crippen LogP contribution in [-0.2, 0) is 20.8 Å². The quantitative estimate of drug-likeness (QED) is 0.861. The lowest BCUT2D eigenvalue weighted by Crippen LogP contribution is -2.33. The molecule has 0 atom stereocenters. The molecule has 1 aromatic heterocycles. The smallest absolute Gasteiger partial charge is 0.306 e. The highest BCUT2D eigenvalue weighted by Crippen LogP contribution is 2.28.